The number of rotatable bonds is 7. The van der Waals surface area contributed by atoms with Gasteiger partial charge in [-0.15, -0.1) is 0 Å². The lowest BCUT2D eigenvalue weighted by atomic mass is 10.2. The number of nitrogens with one attached hydrogen (secondary N) is 1. The van der Waals surface area contributed by atoms with E-state index < -0.39 is 20.6 Å². The fraction of sp³-hybridized carbons (Fsp3) is 0.500. The van der Waals surface area contributed by atoms with Crippen molar-refractivity contribution in [2.24, 2.45) is 0 Å². The number of anilines is 1. The van der Waals surface area contributed by atoms with E-state index in [4.69, 9.17) is 4.74 Å². The molecule has 21 heavy (non-hydrogen) atoms. The first-order valence-corrected chi connectivity index (χ1v) is 7.81. The van der Waals surface area contributed by atoms with Crippen molar-refractivity contribution in [3.63, 3.8) is 0 Å². The van der Waals surface area contributed by atoms with Crippen LogP contribution >= 0.6 is 0 Å². The third kappa shape index (κ3) is 3.24. The fourth-order valence-corrected chi connectivity index (χ4v) is 3.49. The summed E-state index contributed by atoms with van der Waals surface area (Å²) in [5.41, 5.74) is -0.146. The van der Waals surface area contributed by atoms with Crippen LogP contribution in [-0.4, -0.2) is 44.9 Å². The minimum absolute atomic E-state index is 0.000923. The predicted molar refractivity (Wildman–Crippen MR) is 79.3 cm³/mol. The van der Waals surface area contributed by atoms with E-state index in [1.165, 1.54) is 24.5 Å². The molecule has 0 atom stereocenters. The van der Waals surface area contributed by atoms with Gasteiger partial charge in [0.25, 0.3) is 0 Å². The summed E-state index contributed by atoms with van der Waals surface area (Å²) in [6.45, 7) is 3.98. The molecule has 0 unspecified atom stereocenters. The van der Waals surface area contributed by atoms with Gasteiger partial charge in [-0.1, -0.05) is 13.8 Å². The molecule has 118 valence electrons. The van der Waals surface area contributed by atoms with Gasteiger partial charge < -0.3 is 10.1 Å². The van der Waals surface area contributed by atoms with Crippen LogP contribution in [0.1, 0.15) is 13.8 Å². The number of nitro groups is 1. The Bertz CT molecular complexity index is 626. The molecule has 0 heterocycles. The van der Waals surface area contributed by atoms with E-state index in [1.807, 2.05) is 0 Å². The molecule has 9 heteroatoms. The number of hydrogen-bond donors (Lipinski definition) is 1. The molecular formula is C12H19N3O5S. The smallest absolute Gasteiger partial charge is 0.314 e. The molecule has 0 fully saturated rings. The second-order valence-electron chi connectivity index (χ2n) is 4.12. The van der Waals surface area contributed by atoms with Crippen molar-refractivity contribution in [1.82, 2.24) is 4.31 Å². The molecule has 0 bridgehead atoms. The first-order valence-electron chi connectivity index (χ1n) is 6.37. The second kappa shape index (κ2) is 6.72. The summed E-state index contributed by atoms with van der Waals surface area (Å²) in [7, 11) is -0.951. The highest BCUT2D eigenvalue weighted by atomic mass is 32.2. The third-order valence-electron chi connectivity index (χ3n) is 3.06. The number of ether oxygens (including phenoxy) is 1. The minimum Gasteiger partial charge on any atom is -0.489 e. The molecule has 0 aromatic heterocycles. The molecule has 0 spiro atoms. The molecule has 0 amide bonds. The van der Waals surface area contributed by atoms with Crippen molar-refractivity contribution in [1.29, 1.82) is 0 Å². The predicted octanol–water partition coefficient (Wildman–Crippen LogP) is 1.68. The van der Waals surface area contributed by atoms with E-state index in [9.17, 15) is 18.5 Å². The van der Waals surface area contributed by atoms with E-state index in [0.29, 0.717) is 0 Å². The number of nitro benzene ring substituents is 1. The molecule has 1 aromatic rings. The molecule has 0 aliphatic carbocycles. The van der Waals surface area contributed by atoms with E-state index in [2.05, 4.69) is 5.32 Å². The lowest BCUT2D eigenvalue weighted by Crippen LogP contribution is -2.30. The second-order valence-corrected chi connectivity index (χ2v) is 6.06. The maximum atomic E-state index is 12.5. The van der Waals surface area contributed by atoms with Crippen LogP contribution in [0.3, 0.4) is 0 Å². The van der Waals surface area contributed by atoms with Crippen LogP contribution in [-0.2, 0) is 10.0 Å². The molecule has 0 radical (unpaired) electrons. The lowest BCUT2D eigenvalue weighted by molar-refractivity contribution is -0.385. The molecule has 0 aliphatic heterocycles. The SMILES string of the molecule is CCN(CC)S(=O)(=O)c1cc(NC)c(OC)c([N+](=O)[O-])c1. The van der Waals surface area contributed by atoms with Crippen LogP contribution < -0.4 is 10.1 Å². The minimum atomic E-state index is -3.78. The maximum absolute atomic E-state index is 12.5. The molecule has 0 saturated heterocycles. The highest BCUT2D eigenvalue weighted by molar-refractivity contribution is 7.89. The summed E-state index contributed by atoms with van der Waals surface area (Å²) in [5.74, 6) is 0.000923. The fourth-order valence-electron chi connectivity index (χ4n) is 1.99. The Labute approximate surface area is 123 Å². The van der Waals surface area contributed by atoms with Gasteiger partial charge in [-0.25, -0.2) is 8.42 Å². The average molecular weight is 317 g/mol. The van der Waals surface area contributed by atoms with Gasteiger partial charge >= 0.3 is 5.69 Å². The summed E-state index contributed by atoms with van der Waals surface area (Å²) in [4.78, 5) is 10.3. The molecule has 1 rings (SSSR count). The first-order chi connectivity index (χ1) is 9.83. The van der Waals surface area contributed by atoms with E-state index in [0.717, 1.165) is 6.07 Å². The molecule has 1 aromatic carbocycles. The largest absolute Gasteiger partial charge is 0.489 e. The van der Waals surface area contributed by atoms with E-state index in [1.54, 1.807) is 13.8 Å². The van der Waals surface area contributed by atoms with Crippen LogP contribution in [0.25, 0.3) is 0 Å². The highest BCUT2D eigenvalue weighted by Gasteiger charge is 2.28. The Morgan fingerprint density at radius 3 is 2.29 bits per heavy atom. The summed E-state index contributed by atoms with van der Waals surface area (Å²) in [6, 6.07) is 2.35. The Kier molecular flexibility index (Phi) is 5.50. The summed E-state index contributed by atoms with van der Waals surface area (Å²) < 4.78 is 31.2. The first kappa shape index (κ1) is 17.2. The Balaban J connectivity index is 3.59. The van der Waals surface area contributed by atoms with E-state index in [-0.39, 0.29) is 29.4 Å². The van der Waals surface area contributed by atoms with Crippen LogP contribution in [0.2, 0.25) is 0 Å². The Morgan fingerprint density at radius 2 is 1.90 bits per heavy atom. The lowest BCUT2D eigenvalue weighted by Gasteiger charge is -2.19. The Morgan fingerprint density at radius 1 is 1.33 bits per heavy atom. The maximum Gasteiger partial charge on any atom is 0.314 e. The van der Waals surface area contributed by atoms with Gasteiger partial charge in [-0.05, 0) is 6.07 Å². The molecule has 1 N–H and O–H groups in total. The normalized spacial score (nSPS) is 11.5. The molecule has 0 aliphatic rings. The van der Waals surface area contributed by atoms with Crippen molar-refractivity contribution in [2.75, 3.05) is 32.6 Å². The summed E-state index contributed by atoms with van der Waals surface area (Å²) in [6.07, 6.45) is 0. The highest BCUT2D eigenvalue weighted by Crippen LogP contribution is 2.38. The topological polar surface area (TPSA) is 102 Å². The summed E-state index contributed by atoms with van der Waals surface area (Å²) >= 11 is 0. The quantitative estimate of drug-likeness (QED) is 0.606. The number of methoxy groups -OCH3 is 1. The van der Waals surface area contributed by atoms with E-state index >= 15 is 0 Å². The van der Waals surface area contributed by atoms with Crippen LogP contribution in [0.5, 0.6) is 5.75 Å². The zero-order chi connectivity index (χ0) is 16.2. The van der Waals surface area contributed by atoms with Crippen molar-refractivity contribution in [2.45, 2.75) is 18.7 Å². The van der Waals surface area contributed by atoms with Gasteiger partial charge in [0, 0.05) is 26.2 Å². The van der Waals surface area contributed by atoms with Gasteiger partial charge in [0.15, 0.2) is 0 Å². The molecular weight excluding hydrogens is 298 g/mol. The van der Waals surface area contributed by atoms with Crippen LogP contribution in [0.4, 0.5) is 11.4 Å². The number of hydrogen-bond acceptors (Lipinski definition) is 6. The average Bonchev–Trinajstić information content (AvgIpc) is 2.46. The van der Waals surface area contributed by atoms with Gasteiger partial charge in [0.05, 0.1) is 22.6 Å². The van der Waals surface area contributed by atoms with Crippen LogP contribution in [0, 0.1) is 10.1 Å². The van der Waals surface area contributed by atoms with Gasteiger partial charge in [0.2, 0.25) is 15.8 Å². The third-order valence-corrected chi connectivity index (χ3v) is 5.08. The van der Waals surface area contributed by atoms with Gasteiger partial charge in [-0.2, -0.15) is 4.31 Å². The van der Waals surface area contributed by atoms with Crippen LogP contribution in [0.15, 0.2) is 17.0 Å². The van der Waals surface area contributed by atoms with Gasteiger partial charge in [0.1, 0.15) is 0 Å². The number of nitrogens with zero attached hydrogens (tertiary/aromatic N) is 2. The van der Waals surface area contributed by atoms with Crippen molar-refractivity contribution in [3.05, 3.63) is 22.2 Å². The van der Waals surface area contributed by atoms with Gasteiger partial charge in [-0.3, -0.25) is 10.1 Å². The Hall–Kier alpha value is -1.87. The standard InChI is InChI=1S/C12H19N3O5S/c1-5-14(6-2)21(18,19)9-7-10(13-3)12(20-4)11(8-9)15(16)17/h7-8,13H,5-6H2,1-4H3. The molecule has 0 saturated carbocycles. The van der Waals surface area contributed by atoms with Crippen molar-refractivity contribution in [3.8, 4) is 5.75 Å². The van der Waals surface area contributed by atoms with Crippen molar-refractivity contribution >= 4 is 21.4 Å². The van der Waals surface area contributed by atoms with Crippen molar-refractivity contribution < 1.29 is 18.1 Å². The molecule has 8 nitrogen and oxygen atoms in total. The number of sulfonamides is 1. The zero-order valence-electron chi connectivity index (χ0n) is 12.4. The number of benzene rings is 1. The summed E-state index contributed by atoms with van der Waals surface area (Å²) in [5, 5.41) is 13.8. The zero-order valence-corrected chi connectivity index (χ0v) is 13.2. The monoisotopic (exact) mass is 317 g/mol.